The number of halogens is 6. The summed E-state index contributed by atoms with van der Waals surface area (Å²) in [7, 11) is 1.76. The molecule has 4 aliphatic rings. The fraction of sp³-hybridized carbons (Fsp3) is 0.514. The number of nitrogens with two attached hydrogens (primary N) is 1. The molecule has 1 unspecified atom stereocenters. The van der Waals surface area contributed by atoms with Crippen molar-refractivity contribution in [3.05, 3.63) is 59.2 Å². The number of hydrogen-bond acceptors (Lipinski definition) is 8. The molecule has 21 heteroatoms. The number of rotatable bonds is 6. The van der Waals surface area contributed by atoms with E-state index in [1.807, 2.05) is 17.0 Å². The molecule has 2 aromatic carbocycles. The SMILES string of the molecule is COC1CCN(c2cccc3c2CCN(C(=O)C2CC4(CCN(C(=N)N)CC4)C2)C3C(=O)Nc2ccc(C(=O)O)cc2)CC1.O=C(O)C(F)(F)F.O=C(O)C(F)(F)F. The van der Waals surface area contributed by atoms with Crippen LogP contribution >= 0.6 is 0 Å². The van der Waals surface area contributed by atoms with Crippen LogP contribution < -0.4 is 16.0 Å². The molecule has 3 heterocycles. The van der Waals surface area contributed by atoms with Gasteiger partial charge in [-0.15, -0.1) is 0 Å². The molecule has 2 amide bonds. The highest BCUT2D eigenvalue weighted by atomic mass is 19.4. The van der Waals surface area contributed by atoms with Gasteiger partial charge in [0.05, 0.1) is 11.7 Å². The standard InChI is InChI=1S/C33H42N6O5.2C2HF3O2/c1-44-24-9-14-37(15-10-24)27-4-2-3-26-25(27)11-16-39(28(26)29(40)36-23-7-5-21(6-8-23)31(42)43)30(41)22-19-33(20-22)12-17-38(18-13-33)32(34)35;2*3-2(4,5)1(6)7/h2-8,22,24,28H,9-20H2,1H3,(H3,34,35)(H,36,40)(H,42,43);2*(H,6,7). The number of piperidine rings is 2. The van der Waals surface area contributed by atoms with Gasteiger partial charge in [-0.05, 0) is 91.8 Å². The molecule has 0 aromatic heterocycles. The number of methoxy groups -OCH3 is 1. The zero-order chi connectivity index (χ0) is 43.2. The molecule has 0 bridgehead atoms. The van der Waals surface area contributed by atoms with Crippen LogP contribution in [0, 0.1) is 16.7 Å². The minimum atomic E-state index is -5.08. The van der Waals surface area contributed by atoms with E-state index < -0.39 is 36.3 Å². The number of guanidine groups is 1. The number of likely N-dealkylation sites (tertiary alicyclic amines) is 1. The summed E-state index contributed by atoms with van der Waals surface area (Å²) in [4.78, 5) is 63.3. The summed E-state index contributed by atoms with van der Waals surface area (Å²) in [5.74, 6) is -6.87. The number of benzene rings is 2. The van der Waals surface area contributed by atoms with Crippen molar-refractivity contribution < 1.29 is 70.4 Å². The highest BCUT2D eigenvalue weighted by Crippen LogP contribution is 2.54. The summed E-state index contributed by atoms with van der Waals surface area (Å²) in [6.45, 7) is 3.67. The Bertz CT molecular complexity index is 1810. The number of nitrogens with one attached hydrogen (secondary N) is 2. The molecule has 318 valence electrons. The van der Waals surface area contributed by atoms with E-state index >= 15 is 0 Å². The van der Waals surface area contributed by atoms with Crippen molar-refractivity contribution in [1.82, 2.24) is 9.80 Å². The van der Waals surface area contributed by atoms with Crippen LogP contribution in [-0.4, -0.2) is 119 Å². The normalized spacial score (nSPS) is 19.3. The van der Waals surface area contributed by atoms with Crippen molar-refractivity contribution in [2.45, 2.75) is 69.4 Å². The first-order chi connectivity index (χ1) is 27.1. The van der Waals surface area contributed by atoms with Gasteiger partial charge in [0.2, 0.25) is 5.91 Å². The second-order valence-electron chi connectivity index (χ2n) is 14.4. The zero-order valence-corrected chi connectivity index (χ0v) is 31.2. The Balaban J connectivity index is 0.000000456. The molecule has 1 aliphatic carbocycles. The molecule has 1 atom stereocenters. The van der Waals surface area contributed by atoms with Crippen molar-refractivity contribution in [3.63, 3.8) is 0 Å². The summed E-state index contributed by atoms with van der Waals surface area (Å²) >= 11 is 0. The molecule has 1 spiro atoms. The number of anilines is 2. The van der Waals surface area contributed by atoms with E-state index in [9.17, 15) is 45.8 Å². The van der Waals surface area contributed by atoms with Gasteiger partial charge in [0.15, 0.2) is 5.96 Å². The number of carbonyl (C=O) groups excluding carboxylic acids is 2. The number of amides is 2. The summed E-state index contributed by atoms with van der Waals surface area (Å²) in [6.07, 6.45) is -3.95. The number of alkyl halides is 6. The van der Waals surface area contributed by atoms with Crippen molar-refractivity contribution >= 4 is 47.1 Å². The van der Waals surface area contributed by atoms with E-state index in [-0.39, 0.29) is 40.8 Å². The second kappa shape index (κ2) is 18.3. The van der Waals surface area contributed by atoms with E-state index in [2.05, 4.69) is 16.3 Å². The van der Waals surface area contributed by atoms with E-state index in [0.29, 0.717) is 18.7 Å². The van der Waals surface area contributed by atoms with Crippen LogP contribution in [0.3, 0.4) is 0 Å². The lowest BCUT2D eigenvalue weighted by Gasteiger charge is -2.53. The van der Waals surface area contributed by atoms with Crippen LogP contribution in [0.15, 0.2) is 42.5 Å². The molecule has 15 nitrogen and oxygen atoms in total. The third-order valence-corrected chi connectivity index (χ3v) is 10.8. The number of fused-ring (bicyclic) bond motifs is 1. The summed E-state index contributed by atoms with van der Waals surface area (Å²) in [5, 5.41) is 34.2. The van der Waals surface area contributed by atoms with Crippen molar-refractivity contribution in [1.29, 1.82) is 5.41 Å². The van der Waals surface area contributed by atoms with Gasteiger partial charge in [-0.25, -0.2) is 14.4 Å². The largest absolute Gasteiger partial charge is 0.490 e. The Morgan fingerprint density at radius 3 is 1.84 bits per heavy atom. The summed E-state index contributed by atoms with van der Waals surface area (Å²) in [6, 6.07) is 11.4. The van der Waals surface area contributed by atoms with Crippen LogP contribution in [0.25, 0.3) is 0 Å². The monoisotopic (exact) mass is 830 g/mol. The minimum absolute atomic E-state index is 0.0166. The van der Waals surface area contributed by atoms with Gasteiger partial charge in [0.25, 0.3) is 5.91 Å². The first kappa shape index (κ1) is 45.1. The number of hydrogen-bond donors (Lipinski definition) is 6. The Morgan fingerprint density at radius 1 is 0.845 bits per heavy atom. The second-order valence-corrected chi connectivity index (χ2v) is 14.4. The number of aliphatic carboxylic acids is 2. The molecule has 2 saturated heterocycles. The van der Waals surface area contributed by atoms with Crippen molar-refractivity contribution in [2.24, 2.45) is 17.1 Å². The molecule has 2 aromatic rings. The number of aromatic carboxylic acids is 1. The quantitative estimate of drug-likeness (QED) is 0.132. The third kappa shape index (κ3) is 11.1. The smallest absolute Gasteiger partial charge is 0.478 e. The summed E-state index contributed by atoms with van der Waals surface area (Å²) < 4.78 is 69.0. The molecule has 7 N–H and O–H groups in total. The Kier molecular flexibility index (Phi) is 14.3. The van der Waals surface area contributed by atoms with Gasteiger partial charge >= 0.3 is 30.3 Å². The van der Waals surface area contributed by atoms with Gasteiger partial charge in [0.1, 0.15) is 6.04 Å². The fourth-order valence-electron chi connectivity index (χ4n) is 7.73. The molecule has 0 radical (unpaired) electrons. The van der Waals surface area contributed by atoms with Gasteiger partial charge < -0.3 is 45.8 Å². The van der Waals surface area contributed by atoms with Crippen LogP contribution in [-0.2, 0) is 30.3 Å². The highest BCUT2D eigenvalue weighted by molar-refractivity contribution is 5.99. The average Bonchev–Trinajstić information content (AvgIpc) is 3.16. The Labute approximate surface area is 328 Å². The van der Waals surface area contributed by atoms with E-state index in [4.69, 9.17) is 35.7 Å². The Hall–Kier alpha value is -5.60. The lowest BCUT2D eigenvalue weighted by atomic mass is 9.57. The van der Waals surface area contributed by atoms with Crippen LogP contribution in [0.5, 0.6) is 0 Å². The average molecular weight is 831 g/mol. The van der Waals surface area contributed by atoms with Crippen molar-refractivity contribution in [3.8, 4) is 0 Å². The molecule has 58 heavy (non-hydrogen) atoms. The van der Waals surface area contributed by atoms with Gasteiger partial charge in [-0.2, -0.15) is 26.3 Å². The van der Waals surface area contributed by atoms with Crippen LogP contribution in [0.2, 0.25) is 0 Å². The maximum atomic E-state index is 14.1. The van der Waals surface area contributed by atoms with E-state index in [1.54, 1.807) is 24.1 Å². The predicted octanol–water partition coefficient (Wildman–Crippen LogP) is 4.72. The molecule has 6 rings (SSSR count). The van der Waals surface area contributed by atoms with Gasteiger partial charge in [0, 0.05) is 57.1 Å². The third-order valence-electron chi connectivity index (χ3n) is 10.8. The molecule has 1 saturated carbocycles. The molecule has 3 fully saturated rings. The first-order valence-electron chi connectivity index (χ1n) is 18.1. The lowest BCUT2D eigenvalue weighted by molar-refractivity contribution is -0.193. The molecule has 3 aliphatic heterocycles. The maximum absolute atomic E-state index is 14.1. The number of ether oxygens (including phenoxy) is 1. The number of nitrogens with zero attached hydrogens (tertiary/aromatic N) is 3. The Morgan fingerprint density at radius 2 is 1.38 bits per heavy atom. The topological polar surface area (TPSA) is 227 Å². The zero-order valence-electron chi connectivity index (χ0n) is 31.2. The summed E-state index contributed by atoms with van der Waals surface area (Å²) in [5.41, 5.74) is 9.49. The van der Waals surface area contributed by atoms with Gasteiger partial charge in [-0.3, -0.25) is 15.0 Å². The number of carbonyl (C=O) groups is 5. The van der Waals surface area contributed by atoms with Crippen molar-refractivity contribution in [2.75, 3.05) is 50.1 Å². The molecular formula is C37H44F6N6O9. The number of carboxylic acids is 3. The van der Waals surface area contributed by atoms with E-state index in [0.717, 1.165) is 81.5 Å². The predicted molar refractivity (Wildman–Crippen MR) is 194 cm³/mol. The van der Waals surface area contributed by atoms with Crippen LogP contribution in [0.1, 0.15) is 66.1 Å². The lowest BCUT2D eigenvalue weighted by Crippen LogP contribution is -2.55. The fourth-order valence-corrected chi connectivity index (χ4v) is 7.73. The van der Waals surface area contributed by atoms with Gasteiger partial charge in [-0.1, -0.05) is 12.1 Å². The minimum Gasteiger partial charge on any atom is -0.478 e. The van der Waals surface area contributed by atoms with E-state index in [1.165, 1.54) is 12.1 Å². The maximum Gasteiger partial charge on any atom is 0.490 e. The van der Waals surface area contributed by atoms with Crippen LogP contribution in [0.4, 0.5) is 37.7 Å². The first-order valence-corrected chi connectivity index (χ1v) is 18.1. The molecular weight excluding hydrogens is 786 g/mol. The highest BCUT2D eigenvalue weighted by Gasteiger charge is 2.51. The number of carboxylic acid groups (broad SMARTS) is 3.